The molecule has 0 aliphatic rings. The van der Waals surface area contributed by atoms with Gasteiger partial charge >= 0.3 is 0 Å². The first kappa shape index (κ1) is 12.5. The SMILES string of the molecule is [2H]c1ccc(-c2ccccc2)c2nc(C)nc(-c3ccccc3)c12. The smallest absolute Gasteiger partial charge is 0.126 e. The van der Waals surface area contributed by atoms with E-state index in [1.165, 1.54) is 0 Å². The van der Waals surface area contributed by atoms with Gasteiger partial charge in [0.25, 0.3) is 0 Å². The van der Waals surface area contributed by atoms with Crippen molar-refractivity contribution in [2.75, 3.05) is 0 Å². The normalized spacial score (nSPS) is 11.4. The van der Waals surface area contributed by atoms with E-state index >= 15 is 0 Å². The highest BCUT2D eigenvalue weighted by Gasteiger charge is 2.11. The van der Waals surface area contributed by atoms with Gasteiger partial charge in [0.2, 0.25) is 0 Å². The molecule has 4 aromatic rings. The monoisotopic (exact) mass is 297 g/mol. The summed E-state index contributed by atoms with van der Waals surface area (Å²) in [5.74, 6) is 0.712. The molecule has 0 N–H and O–H groups in total. The van der Waals surface area contributed by atoms with Crippen LogP contribution in [-0.4, -0.2) is 9.97 Å². The maximum absolute atomic E-state index is 8.40. The molecule has 0 saturated carbocycles. The highest BCUT2D eigenvalue weighted by Crippen LogP contribution is 2.32. The molecule has 1 heterocycles. The number of aryl methyl sites for hydroxylation is 1. The van der Waals surface area contributed by atoms with Crippen molar-refractivity contribution in [1.29, 1.82) is 0 Å². The Morgan fingerprint density at radius 1 is 0.739 bits per heavy atom. The molecule has 0 fully saturated rings. The molecule has 0 unspecified atom stereocenters. The van der Waals surface area contributed by atoms with Crippen molar-refractivity contribution < 1.29 is 1.37 Å². The minimum atomic E-state index is 0.448. The molecule has 0 spiro atoms. The van der Waals surface area contributed by atoms with Crippen LogP contribution in [-0.2, 0) is 0 Å². The van der Waals surface area contributed by atoms with Gasteiger partial charge in [-0.3, -0.25) is 0 Å². The summed E-state index contributed by atoms with van der Waals surface area (Å²) in [6.45, 7) is 1.90. The summed E-state index contributed by atoms with van der Waals surface area (Å²) in [6, 6.07) is 24.4. The third-order valence-corrected chi connectivity index (χ3v) is 3.89. The average molecular weight is 297 g/mol. The van der Waals surface area contributed by atoms with Crippen LogP contribution in [0, 0.1) is 6.92 Å². The van der Waals surface area contributed by atoms with E-state index < -0.39 is 0 Å². The average Bonchev–Trinajstić information content (AvgIpc) is 2.63. The summed E-state index contributed by atoms with van der Waals surface area (Å²) in [4.78, 5) is 9.30. The summed E-state index contributed by atoms with van der Waals surface area (Å²) in [7, 11) is 0. The summed E-state index contributed by atoms with van der Waals surface area (Å²) in [5, 5.41) is 0.799. The fourth-order valence-electron chi connectivity index (χ4n) is 2.85. The minimum Gasteiger partial charge on any atom is -0.233 e. The quantitative estimate of drug-likeness (QED) is 0.503. The lowest BCUT2D eigenvalue weighted by atomic mass is 9.99. The van der Waals surface area contributed by atoms with E-state index in [0.29, 0.717) is 11.9 Å². The van der Waals surface area contributed by atoms with Crippen LogP contribution in [0.4, 0.5) is 0 Å². The van der Waals surface area contributed by atoms with Crippen molar-refractivity contribution >= 4 is 10.9 Å². The van der Waals surface area contributed by atoms with Gasteiger partial charge in [0.1, 0.15) is 5.82 Å². The van der Waals surface area contributed by atoms with E-state index in [-0.39, 0.29) is 0 Å². The van der Waals surface area contributed by atoms with Crippen LogP contribution in [0.2, 0.25) is 0 Å². The summed E-state index contributed by atoms with van der Waals surface area (Å²) in [5.41, 5.74) is 4.79. The Balaban J connectivity index is 2.10. The van der Waals surface area contributed by atoms with Crippen LogP contribution >= 0.6 is 0 Å². The number of nitrogens with zero attached hydrogens (tertiary/aromatic N) is 2. The molecule has 0 radical (unpaired) electrons. The van der Waals surface area contributed by atoms with Crippen LogP contribution in [0.15, 0.2) is 78.8 Å². The molecule has 0 amide bonds. The molecule has 110 valence electrons. The topological polar surface area (TPSA) is 25.8 Å². The molecular formula is C21H16N2. The summed E-state index contributed by atoms with van der Waals surface area (Å²) < 4.78 is 8.40. The van der Waals surface area contributed by atoms with Gasteiger partial charge in [-0.05, 0) is 12.5 Å². The predicted octanol–water partition coefficient (Wildman–Crippen LogP) is 5.27. The first-order valence-corrected chi connectivity index (χ1v) is 7.63. The van der Waals surface area contributed by atoms with Gasteiger partial charge in [0.15, 0.2) is 0 Å². The van der Waals surface area contributed by atoms with Crippen LogP contribution in [0.5, 0.6) is 0 Å². The van der Waals surface area contributed by atoms with Gasteiger partial charge in [0.05, 0.1) is 12.6 Å². The highest BCUT2D eigenvalue weighted by atomic mass is 14.9. The Labute approximate surface area is 136 Å². The van der Waals surface area contributed by atoms with Crippen molar-refractivity contribution in [3.63, 3.8) is 0 Å². The second kappa shape index (κ2) is 5.65. The Kier molecular flexibility index (Phi) is 3.08. The molecule has 3 aromatic carbocycles. The van der Waals surface area contributed by atoms with Gasteiger partial charge < -0.3 is 0 Å². The largest absolute Gasteiger partial charge is 0.233 e. The molecule has 0 aliphatic carbocycles. The Hall–Kier alpha value is -3.00. The lowest BCUT2D eigenvalue weighted by molar-refractivity contribution is 1.10. The van der Waals surface area contributed by atoms with E-state index in [0.717, 1.165) is 33.3 Å². The highest BCUT2D eigenvalue weighted by molar-refractivity contribution is 6.00. The second-order valence-corrected chi connectivity index (χ2v) is 5.47. The maximum Gasteiger partial charge on any atom is 0.126 e. The fourth-order valence-corrected chi connectivity index (χ4v) is 2.85. The predicted molar refractivity (Wildman–Crippen MR) is 95.1 cm³/mol. The Morgan fingerprint density at radius 3 is 2.09 bits per heavy atom. The minimum absolute atomic E-state index is 0.448. The Morgan fingerprint density at radius 2 is 1.39 bits per heavy atom. The second-order valence-electron chi connectivity index (χ2n) is 5.47. The zero-order valence-corrected chi connectivity index (χ0v) is 12.8. The van der Waals surface area contributed by atoms with Crippen LogP contribution < -0.4 is 0 Å². The lowest BCUT2D eigenvalue weighted by Crippen LogP contribution is -1.95. The molecule has 1 aromatic heterocycles. The van der Waals surface area contributed by atoms with Crippen molar-refractivity contribution in [3.8, 4) is 22.4 Å². The van der Waals surface area contributed by atoms with Gasteiger partial charge in [-0.2, -0.15) is 0 Å². The van der Waals surface area contributed by atoms with E-state index in [2.05, 4.69) is 22.1 Å². The number of hydrogen-bond donors (Lipinski definition) is 0. The molecule has 0 saturated heterocycles. The number of para-hydroxylation sites is 1. The third-order valence-electron chi connectivity index (χ3n) is 3.89. The molecule has 2 nitrogen and oxygen atoms in total. The third kappa shape index (κ3) is 2.49. The zero-order chi connectivity index (χ0) is 16.5. The molecule has 0 atom stereocenters. The van der Waals surface area contributed by atoms with E-state index in [4.69, 9.17) is 1.37 Å². The number of rotatable bonds is 2. The maximum atomic E-state index is 8.40. The lowest BCUT2D eigenvalue weighted by Gasteiger charge is -2.11. The molecular weight excluding hydrogens is 280 g/mol. The first-order valence-electron chi connectivity index (χ1n) is 8.13. The zero-order valence-electron chi connectivity index (χ0n) is 13.8. The molecule has 4 rings (SSSR count). The summed E-state index contributed by atoms with van der Waals surface area (Å²) in [6.07, 6.45) is 0. The van der Waals surface area contributed by atoms with Crippen molar-refractivity contribution in [1.82, 2.24) is 9.97 Å². The van der Waals surface area contributed by atoms with Crippen molar-refractivity contribution in [2.24, 2.45) is 0 Å². The number of fused-ring (bicyclic) bond motifs is 1. The van der Waals surface area contributed by atoms with E-state index in [1.54, 1.807) is 0 Å². The Bertz CT molecular complexity index is 1010. The molecule has 23 heavy (non-hydrogen) atoms. The summed E-state index contributed by atoms with van der Waals surface area (Å²) >= 11 is 0. The first-order chi connectivity index (χ1) is 11.7. The van der Waals surface area contributed by atoms with E-state index in [1.807, 2.05) is 67.6 Å². The number of hydrogen-bond acceptors (Lipinski definition) is 2. The van der Waals surface area contributed by atoms with Gasteiger partial charge in [0, 0.05) is 16.5 Å². The molecule has 0 bridgehead atoms. The fraction of sp³-hybridized carbons (Fsp3) is 0.0476. The van der Waals surface area contributed by atoms with Crippen LogP contribution in [0.25, 0.3) is 33.3 Å². The number of aromatic nitrogens is 2. The molecule has 2 heteroatoms. The van der Waals surface area contributed by atoms with Crippen molar-refractivity contribution in [3.05, 3.63) is 84.7 Å². The van der Waals surface area contributed by atoms with Gasteiger partial charge in [-0.1, -0.05) is 78.8 Å². The number of benzene rings is 3. The standard InChI is InChI=1S/C21H16N2/c1-15-22-20(17-11-6-3-7-12-17)19-14-8-13-18(21(19)23-15)16-9-4-2-5-10-16/h2-14H,1H3/i14D. The van der Waals surface area contributed by atoms with Crippen LogP contribution in [0.3, 0.4) is 0 Å². The van der Waals surface area contributed by atoms with E-state index in [9.17, 15) is 0 Å². The molecule has 0 aliphatic heterocycles. The van der Waals surface area contributed by atoms with Gasteiger partial charge in [-0.15, -0.1) is 0 Å². The van der Waals surface area contributed by atoms with Crippen LogP contribution in [0.1, 0.15) is 7.20 Å². The van der Waals surface area contributed by atoms with Gasteiger partial charge in [-0.25, -0.2) is 9.97 Å². The van der Waals surface area contributed by atoms with Crippen molar-refractivity contribution in [2.45, 2.75) is 6.92 Å².